The third-order valence-corrected chi connectivity index (χ3v) is 15.1. The lowest BCUT2D eigenvalue weighted by Gasteiger charge is -2.29. The molecule has 0 aliphatic carbocycles. The number of imide groups is 1. The van der Waals surface area contributed by atoms with E-state index in [-0.39, 0.29) is 62.8 Å². The highest BCUT2D eigenvalue weighted by Gasteiger charge is 2.38. The predicted molar refractivity (Wildman–Crippen MR) is 303 cm³/mol. The number of aliphatic hydroxyl groups excluding tert-OH is 1. The molecule has 0 radical (unpaired) electrons. The summed E-state index contributed by atoms with van der Waals surface area (Å²) in [6.45, 7) is 9.71. The predicted octanol–water partition coefficient (Wildman–Crippen LogP) is 10.2. The molecule has 5 heterocycles. The second-order valence-corrected chi connectivity index (χ2v) is 20.5. The number of rotatable bonds is 21. The molecule has 0 fully saturated rings. The van der Waals surface area contributed by atoms with Crippen LogP contribution in [-0.4, -0.2) is 131 Å². The normalized spacial score (nSPS) is 13.8. The second kappa shape index (κ2) is 24.5. The Morgan fingerprint density at radius 2 is 1.39 bits per heavy atom. The number of thiazole rings is 1. The summed E-state index contributed by atoms with van der Waals surface area (Å²) in [6.07, 6.45) is 2.33. The van der Waals surface area contributed by atoms with Crippen LogP contribution in [0.3, 0.4) is 0 Å². The SMILES string of the molecule is CCOC(=O)N(CCCCCCO)C(=O)c1cc2c3c(ccc2n1C(C)(O)OCC)N(C(=O)c1cc2c4c(ccc2n1C(=O)OCC)N(C(=O)c1ccc2nc(N=Nc5ccc(N(C)CCCOC(C)=O)cc5)sc2c1)CC4)CC3. The Balaban J connectivity index is 0.975. The number of fused-ring (bicyclic) bond motifs is 7. The largest absolute Gasteiger partial charge is 0.466 e. The van der Waals surface area contributed by atoms with E-state index in [1.807, 2.05) is 31.3 Å². The molecule has 21 nitrogen and oxygen atoms in total. The van der Waals surface area contributed by atoms with Gasteiger partial charge in [0, 0.05) is 93.7 Å². The van der Waals surface area contributed by atoms with Crippen LogP contribution in [0.5, 0.6) is 0 Å². The third kappa shape index (κ3) is 11.5. The fraction of sp³-hybridized carbons (Fsp3) is 0.397. The quantitative estimate of drug-likeness (QED) is 0.0224. The fourth-order valence-electron chi connectivity index (χ4n) is 10.5. The summed E-state index contributed by atoms with van der Waals surface area (Å²) in [5, 5.41) is 31.5. The van der Waals surface area contributed by atoms with Crippen molar-refractivity contribution < 1.29 is 57.9 Å². The molecule has 80 heavy (non-hydrogen) atoms. The molecule has 2 N–H and O–H groups in total. The molecule has 2 aliphatic rings. The molecule has 4 amide bonds. The average molecular weight is 1110 g/mol. The first kappa shape index (κ1) is 56.7. The zero-order chi connectivity index (χ0) is 56.8. The van der Waals surface area contributed by atoms with E-state index in [9.17, 15) is 34.2 Å². The average Bonchev–Trinajstić information content (AvgIpc) is 4.40. The van der Waals surface area contributed by atoms with Gasteiger partial charge < -0.3 is 43.9 Å². The Labute approximate surface area is 465 Å². The van der Waals surface area contributed by atoms with Crippen molar-refractivity contribution in [2.45, 2.75) is 85.5 Å². The van der Waals surface area contributed by atoms with Gasteiger partial charge in [-0.3, -0.25) is 23.7 Å². The molecule has 2 aliphatic heterocycles. The third-order valence-electron chi connectivity index (χ3n) is 14.2. The van der Waals surface area contributed by atoms with Crippen molar-refractivity contribution in [3.63, 3.8) is 0 Å². The van der Waals surface area contributed by atoms with Gasteiger partial charge in [0.05, 0.1) is 46.8 Å². The summed E-state index contributed by atoms with van der Waals surface area (Å²) in [4.78, 5) is 93.3. The Morgan fingerprint density at radius 3 is 2.06 bits per heavy atom. The highest BCUT2D eigenvalue weighted by molar-refractivity contribution is 7.21. The number of aromatic nitrogens is 3. The number of ether oxygens (including phenoxy) is 4. The maximum atomic E-state index is 15.0. The van der Waals surface area contributed by atoms with Gasteiger partial charge in [-0.05, 0) is 143 Å². The lowest BCUT2D eigenvalue weighted by molar-refractivity contribution is -0.246. The van der Waals surface area contributed by atoms with Gasteiger partial charge in [0.15, 0.2) is 0 Å². The maximum Gasteiger partial charge on any atom is 0.419 e. The van der Waals surface area contributed by atoms with Gasteiger partial charge in [0.1, 0.15) is 11.4 Å². The number of carbonyl (C=O) groups is 6. The molecular weight excluding hydrogens is 1050 g/mol. The summed E-state index contributed by atoms with van der Waals surface area (Å²) < 4.78 is 25.1. The van der Waals surface area contributed by atoms with Crippen molar-refractivity contribution in [3.8, 4) is 0 Å². The summed E-state index contributed by atoms with van der Waals surface area (Å²) in [6, 6.07) is 23.1. The van der Waals surface area contributed by atoms with Crippen LogP contribution >= 0.6 is 11.3 Å². The van der Waals surface area contributed by atoms with E-state index in [1.54, 1.807) is 85.2 Å². The van der Waals surface area contributed by atoms with E-state index >= 15 is 4.79 Å². The monoisotopic (exact) mass is 1110 g/mol. The van der Waals surface area contributed by atoms with Crippen molar-refractivity contribution in [3.05, 3.63) is 107 Å². The number of aliphatic hydroxyl groups is 2. The first-order valence-corrected chi connectivity index (χ1v) is 27.8. The van der Waals surface area contributed by atoms with Gasteiger partial charge in [-0.15, -0.1) is 10.2 Å². The number of anilines is 3. The Hall–Kier alpha value is -8.05. The van der Waals surface area contributed by atoms with Crippen LogP contribution in [0, 0.1) is 0 Å². The lowest BCUT2D eigenvalue weighted by atomic mass is 10.1. The van der Waals surface area contributed by atoms with Gasteiger partial charge in [-0.2, -0.15) is 0 Å². The first-order valence-electron chi connectivity index (χ1n) is 27.0. The minimum atomic E-state index is -2.04. The van der Waals surface area contributed by atoms with Crippen LogP contribution in [0.15, 0.2) is 89.1 Å². The van der Waals surface area contributed by atoms with E-state index in [2.05, 4.69) is 20.1 Å². The molecule has 420 valence electrons. The number of azo groups is 1. The Morgan fingerprint density at radius 1 is 0.725 bits per heavy atom. The number of hydrogen-bond acceptors (Lipinski definition) is 17. The number of carbonyl (C=O) groups excluding carboxylic acids is 6. The molecule has 1 atom stereocenters. The zero-order valence-electron chi connectivity index (χ0n) is 45.7. The van der Waals surface area contributed by atoms with E-state index in [0.717, 1.165) is 20.9 Å². The van der Waals surface area contributed by atoms with Crippen LogP contribution < -0.4 is 14.7 Å². The maximum absolute atomic E-state index is 15.0. The van der Waals surface area contributed by atoms with Gasteiger partial charge in [-0.1, -0.05) is 24.2 Å². The smallest absolute Gasteiger partial charge is 0.419 e. The minimum absolute atomic E-state index is 0.0315. The van der Waals surface area contributed by atoms with Crippen LogP contribution in [-0.2, 0) is 42.5 Å². The van der Waals surface area contributed by atoms with Crippen LogP contribution in [0.1, 0.15) is 109 Å². The molecule has 0 bridgehead atoms. The van der Waals surface area contributed by atoms with E-state index in [0.29, 0.717) is 125 Å². The molecule has 3 aromatic heterocycles. The second-order valence-electron chi connectivity index (χ2n) is 19.5. The fourth-order valence-corrected chi connectivity index (χ4v) is 11.4. The van der Waals surface area contributed by atoms with Crippen LogP contribution in [0.2, 0.25) is 0 Å². The van der Waals surface area contributed by atoms with Crippen molar-refractivity contribution in [2.75, 3.05) is 81.0 Å². The highest BCUT2D eigenvalue weighted by atomic mass is 32.1. The van der Waals surface area contributed by atoms with Crippen LogP contribution in [0.4, 0.5) is 37.5 Å². The lowest BCUT2D eigenvalue weighted by Crippen LogP contribution is -2.42. The van der Waals surface area contributed by atoms with Crippen molar-refractivity contribution in [2.24, 2.45) is 10.2 Å². The minimum Gasteiger partial charge on any atom is -0.466 e. The number of hydrogen-bond donors (Lipinski definition) is 2. The number of esters is 1. The van der Waals surface area contributed by atoms with Crippen molar-refractivity contribution >= 4 is 107 Å². The number of amides is 4. The molecule has 7 aromatic rings. The molecule has 0 spiro atoms. The van der Waals surface area contributed by atoms with Crippen molar-refractivity contribution in [1.82, 2.24) is 19.0 Å². The molecule has 4 aromatic carbocycles. The first-order chi connectivity index (χ1) is 38.6. The number of nitrogens with zero attached hydrogens (tertiary/aromatic N) is 9. The number of benzene rings is 4. The van der Waals surface area contributed by atoms with Crippen molar-refractivity contribution in [1.29, 1.82) is 0 Å². The molecule has 22 heteroatoms. The summed E-state index contributed by atoms with van der Waals surface area (Å²) in [5.74, 6) is -3.76. The summed E-state index contributed by atoms with van der Waals surface area (Å²) >= 11 is 1.31. The summed E-state index contributed by atoms with van der Waals surface area (Å²) in [7, 11) is 1.96. The highest BCUT2D eigenvalue weighted by Crippen LogP contribution is 2.42. The molecule has 0 saturated carbocycles. The standard InChI is InChI=1S/C58H65N9O12S/c1-7-76-56(73)65(28-12-10-11-13-31-68)54(72)50-35-43-41-26-30-64(46(41)22-24-48(43)67(50)58(5,75)79-9-3)53(71)49-34-42-40-25-29-63(45(40)21-23-47(42)66(49)57(74)77-8-2)52(70)37-15-20-44-51(33-37)80-55(59-44)61-60-38-16-18-39(19-17-38)62(6)27-14-32-78-36(4)69/h15-24,33-35,68,75H,7-14,25-32H2,1-6H3. The Bertz CT molecular complexity index is 3530. The molecule has 1 unspecified atom stereocenters. The van der Waals surface area contributed by atoms with Gasteiger partial charge >= 0.3 is 18.2 Å². The summed E-state index contributed by atoms with van der Waals surface area (Å²) in [5.41, 5.74) is 6.29. The van der Waals surface area contributed by atoms with Crippen LogP contribution in [0.25, 0.3) is 32.0 Å². The van der Waals surface area contributed by atoms with Gasteiger partial charge in [0.25, 0.3) is 23.6 Å². The van der Waals surface area contributed by atoms with Gasteiger partial charge in [-0.25, -0.2) is 24.0 Å². The molecular formula is C58H65N9O12S. The van der Waals surface area contributed by atoms with Gasteiger partial charge in [0.2, 0.25) is 5.13 Å². The van der Waals surface area contributed by atoms with E-state index < -0.39 is 29.9 Å². The molecule has 0 saturated heterocycles. The van der Waals surface area contributed by atoms with E-state index in [1.165, 1.54) is 34.3 Å². The molecule has 9 rings (SSSR count). The zero-order valence-corrected chi connectivity index (χ0v) is 46.5. The van der Waals surface area contributed by atoms with E-state index in [4.69, 9.17) is 18.9 Å². The topological polar surface area (TPSA) is 240 Å². The number of unbranched alkanes of at least 4 members (excludes halogenated alkanes) is 3. The Kier molecular flexibility index (Phi) is 17.4.